The van der Waals surface area contributed by atoms with Crippen molar-refractivity contribution in [3.8, 4) is 5.69 Å². The molecule has 0 unspecified atom stereocenters. The van der Waals surface area contributed by atoms with Crippen molar-refractivity contribution in [3.05, 3.63) is 69.8 Å². The van der Waals surface area contributed by atoms with E-state index in [1.165, 1.54) is 5.56 Å². The third-order valence-corrected chi connectivity index (χ3v) is 5.76. The molecule has 1 heterocycles. The maximum Gasteiger partial charge on any atom is 0.266 e. The number of fused-ring (bicyclic) bond motifs is 1. The first-order valence-corrected chi connectivity index (χ1v) is 11.1. The van der Waals surface area contributed by atoms with Gasteiger partial charge < -0.3 is 4.90 Å². The molecule has 164 valence electrons. The first-order valence-electron chi connectivity index (χ1n) is 11.1. The standard InChI is InChI=1S/C26H33N3O2/c1-7-14-28(24(30)15-17(2)3)20(6)25-27-23-11-9-8-10-22(23)26(31)29(25)21-13-12-18(4)19(5)16-21/h8-13,16-17,20H,7,14-15H2,1-6H3/t20-/m1/s1. The molecule has 3 rings (SSSR count). The highest BCUT2D eigenvalue weighted by Gasteiger charge is 2.26. The second kappa shape index (κ2) is 9.46. The molecule has 0 spiro atoms. The normalized spacial score (nSPS) is 12.4. The van der Waals surface area contributed by atoms with E-state index in [4.69, 9.17) is 4.98 Å². The van der Waals surface area contributed by atoms with Crippen LogP contribution in [-0.2, 0) is 4.79 Å². The molecule has 5 heteroatoms. The van der Waals surface area contributed by atoms with Gasteiger partial charge in [-0.25, -0.2) is 4.98 Å². The predicted molar refractivity (Wildman–Crippen MR) is 127 cm³/mol. The SMILES string of the molecule is CCCN(C(=O)CC(C)C)[C@H](C)c1nc2ccccc2c(=O)n1-c1ccc(C)c(C)c1. The van der Waals surface area contributed by atoms with Crippen molar-refractivity contribution in [2.24, 2.45) is 5.92 Å². The summed E-state index contributed by atoms with van der Waals surface area (Å²) in [6.07, 6.45) is 1.32. The van der Waals surface area contributed by atoms with Gasteiger partial charge >= 0.3 is 0 Å². The van der Waals surface area contributed by atoms with Crippen molar-refractivity contribution in [1.29, 1.82) is 0 Å². The van der Waals surface area contributed by atoms with E-state index in [9.17, 15) is 9.59 Å². The van der Waals surface area contributed by atoms with Crippen molar-refractivity contribution in [2.75, 3.05) is 6.54 Å². The Hall–Kier alpha value is -2.95. The van der Waals surface area contributed by atoms with Crippen molar-refractivity contribution < 1.29 is 4.79 Å². The maximum absolute atomic E-state index is 13.6. The van der Waals surface area contributed by atoms with Gasteiger partial charge in [0.25, 0.3) is 5.56 Å². The summed E-state index contributed by atoms with van der Waals surface area (Å²) in [5, 5.41) is 0.576. The van der Waals surface area contributed by atoms with Crippen LogP contribution in [0.5, 0.6) is 0 Å². The summed E-state index contributed by atoms with van der Waals surface area (Å²) in [4.78, 5) is 33.4. The second-order valence-electron chi connectivity index (χ2n) is 8.76. The number of hydrogen-bond donors (Lipinski definition) is 0. The highest BCUT2D eigenvalue weighted by molar-refractivity contribution is 5.79. The Morgan fingerprint density at radius 1 is 1.06 bits per heavy atom. The Morgan fingerprint density at radius 3 is 2.42 bits per heavy atom. The van der Waals surface area contributed by atoms with E-state index < -0.39 is 0 Å². The number of hydrogen-bond acceptors (Lipinski definition) is 3. The van der Waals surface area contributed by atoms with Gasteiger partial charge in [-0.1, -0.05) is 39.0 Å². The van der Waals surface area contributed by atoms with Crippen LogP contribution in [0.4, 0.5) is 0 Å². The predicted octanol–water partition coefficient (Wildman–Crippen LogP) is 5.35. The Labute approximate surface area is 184 Å². The van der Waals surface area contributed by atoms with E-state index in [-0.39, 0.29) is 23.4 Å². The molecule has 1 atom stereocenters. The van der Waals surface area contributed by atoms with Gasteiger partial charge in [-0.2, -0.15) is 0 Å². The number of para-hydroxylation sites is 1. The summed E-state index contributed by atoms with van der Waals surface area (Å²) in [7, 11) is 0. The maximum atomic E-state index is 13.6. The zero-order chi connectivity index (χ0) is 22.7. The first kappa shape index (κ1) is 22.7. The molecule has 0 fully saturated rings. The van der Waals surface area contributed by atoms with Crippen molar-refractivity contribution in [1.82, 2.24) is 14.5 Å². The fourth-order valence-electron chi connectivity index (χ4n) is 3.93. The van der Waals surface area contributed by atoms with Gasteiger partial charge in [-0.15, -0.1) is 0 Å². The molecule has 3 aromatic rings. The number of aryl methyl sites for hydroxylation is 2. The van der Waals surface area contributed by atoms with Gasteiger partial charge in [-0.3, -0.25) is 14.2 Å². The van der Waals surface area contributed by atoms with Gasteiger partial charge in [0, 0.05) is 13.0 Å². The second-order valence-corrected chi connectivity index (χ2v) is 8.76. The van der Waals surface area contributed by atoms with E-state index in [0.29, 0.717) is 29.7 Å². The van der Waals surface area contributed by atoms with Gasteiger partial charge in [-0.05, 0) is 68.5 Å². The molecule has 1 amide bonds. The molecule has 0 bridgehead atoms. The minimum absolute atomic E-state index is 0.0957. The van der Waals surface area contributed by atoms with Crippen LogP contribution in [0.15, 0.2) is 47.3 Å². The summed E-state index contributed by atoms with van der Waals surface area (Å²) in [6, 6.07) is 13.1. The molecular formula is C26H33N3O2. The van der Waals surface area contributed by atoms with E-state index in [1.54, 1.807) is 4.57 Å². The summed E-state index contributed by atoms with van der Waals surface area (Å²) < 4.78 is 1.69. The summed E-state index contributed by atoms with van der Waals surface area (Å²) in [6.45, 7) is 12.9. The van der Waals surface area contributed by atoms with Gasteiger partial charge in [0.15, 0.2) is 0 Å². The quantitative estimate of drug-likeness (QED) is 0.519. The first-order chi connectivity index (χ1) is 14.7. The fraction of sp³-hybridized carbons (Fsp3) is 0.423. The number of nitrogens with zero attached hydrogens (tertiary/aromatic N) is 3. The number of amides is 1. The van der Waals surface area contributed by atoms with Gasteiger partial charge in [0.2, 0.25) is 5.91 Å². The lowest BCUT2D eigenvalue weighted by Gasteiger charge is -2.31. The summed E-state index contributed by atoms with van der Waals surface area (Å²) in [5.74, 6) is 0.960. The highest BCUT2D eigenvalue weighted by atomic mass is 16.2. The van der Waals surface area contributed by atoms with Crippen molar-refractivity contribution in [2.45, 2.75) is 60.4 Å². The largest absolute Gasteiger partial charge is 0.333 e. The average Bonchev–Trinajstić information content (AvgIpc) is 2.73. The Morgan fingerprint density at radius 2 is 1.77 bits per heavy atom. The molecule has 0 aliphatic heterocycles. The Kier molecular flexibility index (Phi) is 6.94. The number of carbonyl (C=O) groups is 1. The lowest BCUT2D eigenvalue weighted by molar-refractivity contribution is -0.134. The third-order valence-electron chi connectivity index (χ3n) is 5.76. The highest BCUT2D eigenvalue weighted by Crippen LogP contribution is 2.25. The molecule has 5 nitrogen and oxygen atoms in total. The summed E-state index contributed by atoms with van der Waals surface area (Å²) >= 11 is 0. The minimum atomic E-state index is -0.329. The topological polar surface area (TPSA) is 55.2 Å². The average molecular weight is 420 g/mol. The van der Waals surface area contributed by atoms with E-state index in [1.807, 2.05) is 75.1 Å². The molecule has 0 N–H and O–H groups in total. The molecular weight excluding hydrogens is 386 g/mol. The van der Waals surface area contributed by atoms with Crippen LogP contribution in [0, 0.1) is 19.8 Å². The van der Waals surface area contributed by atoms with Crippen LogP contribution < -0.4 is 5.56 Å². The molecule has 0 aliphatic rings. The van der Waals surface area contributed by atoms with Crippen LogP contribution in [0.1, 0.15) is 63.5 Å². The smallest absolute Gasteiger partial charge is 0.266 e. The van der Waals surface area contributed by atoms with Gasteiger partial charge in [0.05, 0.1) is 22.6 Å². The van der Waals surface area contributed by atoms with Crippen LogP contribution >= 0.6 is 0 Å². The van der Waals surface area contributed by atoms with Crippen molar-refractivity contribution >= 4 is 16.8 Å². The minimum Gasteiger partial charge on any atom is -0.333 e. The van der Waals surface area contributed by atoms with Crippen molar-refractivity contribution in [3.63, 3.8) is 0 Å². The third kappa shape index (κ3) is 4.71. The van der Waals surface area contributed by atoms with Crippen LogP contribution in [0.2, 0.25) is 0 Å². The number of aromatic nitrogens is 2. The molecule has 2 aromatic carbocycles. The number of benzene rings is 2. The lowest BCUT2D eigenvalue weighted by atomic mass is 10.1. The van der Waals surface area contributed by atoms with Crippen LogP contribution in [0.3, 0.4) is 0 Å². The van der Waals surface area contributed by atoms with Gasteiger partial charge in [0.1, 0.15) is 5.82 Å². The lowest BCUT2D eigenvalue weighted by Crippen LogP contribution is -2.38. The van der Waals surface area contributed by atoms with E-state index in [2.05, 4.69) is 13.8 Å². The molecule has 1 aromatic heterocycles. The zero-order valence-electron chi connectivity index (χ0n) is 19.5. The molecule has 0 radical (unpaired) electrons. The summed E-state index contributed by atoms with van der Waals surface area (Å²) in [5.41, 5.74) is 3.60. The molecule has 0 saturated carbocycles. The Balaban J connectivity index is 2.25. The van der Waals surface area contributed by atoms with E-state index in [0.717, 1.165) is 17.7 Å². The Bertz CT molecular complexity index is 1150. The monoisotopic (exact) mass is 419 g/mol. The molecule has 0 aliphatic carbocycles. The number of carbonyl (C=O) groups excluding carboxylic acids is 1. The van der Waals surface area contributed by atoms with Crippen LogP contribution in [0.25, 0.3) is 16.6 Å². The molecule has 0 saturated heterocycles. The number of rotatable bonds is 7. The van der Waals surface area contributed by atoms with Crippen LogP contribution in [-0.4, -0.2) is 26.9 Å². The fourth-order valence-corrected chi connectivity index (χ4v) is 3.93. The zero-order valence-corrected chi connectivity index (χ0v) is 19.5. The molecule has 31 heavy (non-hydrogen) atoms. The van der Waals surface area contributed by atoms with E-state index >= 15 is 0 Å².